The standard InChI is InChI=1S/C8H18N2/c1-8(2)10-6-4-9(3)5-7-10/h8H,4-7H2,1-3H3. The fourth-order valence-electron chi connectivity index (χ4n) is 1.34. The fraction of sp³-hybridized carbons (Fsp3) is 1.00. The molecular formula is C8H18N2. The second-order valence-corrected chi connectivity index (χ2v) is 3.43. The quantitative estimate of drug-likeness (QED) is 0.530. The summed E-state index contributed by atoms with van der Waals surface area (Å²) in [5.41, 5.74) is 0. The lowest BCUT2D eigenvalue weighted by Crippen LogP contribution is -2.47. The topological polar surface area (TPSA) is 6.48 Å². The van der Waals surface area contributed by atoms with Gasteiger partial charge in [-0.05, 0) is 20.9 Å². The molecule has 0 aromatic carbocycles. The highest BCUT2D eigenvalue weighted by atomic mass is 15.3. The van der Waals surface area contributed by atoms with Crippen LogP contribution in [0.5, 0.6) is 0 Å². The van der Waals surface area contributed by atoms with Crippen molar-refractivity contribution in [3.05, 3.63) is 0 Å². The molecule has 1 aliphatic heterocycles. The van der Waals surface area contributed by atoms with Gasteiger partial charge in [-0.25, -0.2) is 0 Å². The Kier molecular flexibility index (Phi) is 2.69. The predicted octanol–water partition coefficient (Wildman–Crippen LogP) is 0.642. The highest BCUT2D eigenvalue weighted by Crippen LogP contribution is 2.02. The van der Waals surface area contributed by atoms with Gasteiger partial charge in [0.2, 0.25) is 0 Å². The van der Waals surface area contributed by atoms with Crippen molar-refractivity contribution < 1.29 is 0 Å². The van der Waals surface area contributed by atoms with Crippen molar-refractivity contribution in [3.8, 4) is 0 Å². The molecule has 0 amide bonds. The second-order valence-electron chi connectivity index (χ2n) is 3.43. The van der Waals surface area contributed by atoms with E-state index in [1.807, 2.05) is 0 Å². The van der Waals surface area contributed by atoms with E-state index < -0.39 is 0 Å². The van der Waals surface area contributed by atoms with Crippen molar-refractivity contribution in [2.75, 3.05) is 33.2 Å². The van der Waals surface area contributed by atoms with Crippen molar-refractivity contribution in [1.29, 1.82) is 0 Å². The summed E-state index contributed by atoms with van der Waals surface area (Å²) in [5.74, 6) is 0. The molecule has 2 heteroatoms. The van der Waals surface area contributed by atoms with Gasteiger partial charge in [0.05, 0.1) is 0 Å². The highest BCUT2D eigenvalue weighted by molar-refractivity contribution is 4.71. The number of piperazine rings is 1. The van der Waals surface area contributed by atoms with Gasteiger partial charge in [0.1, 0.15) is 0 Å². The van der Waals surface area contributed by atoms with Crippen LogP contribution in [-0.4, -0.2) is 49.1 Å². The van der Waals surface area contributed by atoms with E-state index in [9.17, 15) is 0 Å². The van der Waals surface area contributed by atoms with E-state index in [-0.39, 0.29) is 0 Å². The zero-order chi connectivity index (χ0) is 7.56. The van der Waals surface area contributed by atoms with Crippen LogP contribution in [0.3, 0.4) is 0 Å². The molecular weight excluding hydrogens is 124 g/mol. The van der Waals surface area contributed by atoms with Gasteiger partial charge >= 0.3 is 0 Å². The normalized spacial score (nSPS) is 24.0. The molecule has 1 saturated heterocycles. The molecule has 0 bridgehead atoms. The van der Waals surface area contributed by atoms with E-state index in [0.717, 1.165) is 6.04 Å². The number of hydrogen-bond acceptors (Lipinski definition) is 2. The van der Waals surface area contributed by atoms with Crippen LogP contribution in [0, 0.1) is 0 Å². The molecule has 0 N–H and O–H groups in total. The summed E-state index contributed by atoms with van der Waals surface area (Å²) >= 11 is 0. The molecule has 0 unspecified atom stereocenters. The smallest absolute Gasteiger partial charge is 0.0112 e. The molecule has 0 aliphatic carbocycles. The van der Waals surface area contributed by atoms with Gasteiger partial charge in [-0.15, -0.1) is 0 Å². The maximum atomic E-state index is 2.53. The Labute approximate surface area is 63.8 Å². The first kappa shape index (κ1) is 8.02. The number of rotatable bonds is 1. The van der Waals surface area contributed by atoms with Crippen LogP contribution < -0.4 is 0 Å². The molecule has 10 heavy (non-hydrogen) atoms. The summed E-state index contributed by atoms with van der Waals surface area (Å²) in [6.45, 7) is 9.50. The number of hydrogen-bond donors (Lipinski definition) is 0. The Morgan fingerprint density at radius 2 is 1.50 bits per heavy atom. The summed E-state index contributed by atoms with van der Waals surface area (Å²) < 4.78 is 0. The summed E-state index contributed by atoms with van der Waals surface area (Å²) in [6.07, 6.45) is 0. The zero-order valence-electron chi connectivity index (χ0n) is 7.30. The molecule has 2 nitrogen and oxygen atoms in total. The molecule has 1 heterocycles. The van der Waals surface area contributed by atoms with Crippen LogP contribution in [0.15, 0.2) is 0 Å². The monoisotopic (exact) mass is 142 g/mol. The van der Waals surface area contributed by atoms with Gasteiger partial charge < -0.3 is 4.90 Å². The fourth-order valence-corrected chi connectivity index (χ4v) is 1.34. The average Bonchev–Trinajstić information content (AvgIpc) is 1.88. The lowest BCUT2D eigenvalue weighted by atomic mass is 10.2. The Morgan fingerprint density at radius 3 is 1.90 bits per heavy atom. The maximum Gasteiger partial charge on any atom is 0.0112 e. The lowest BCUT2D eigenvalue weighted by Gasteiger charge is -2.34. The van der Waals surface area contributed by atoms with Gasteiger partial charge in [0.15, 0.2) is 0 Å². The molecule has 1 fully saturated rings. The Morgan fingerprint density at radius 1 is 1.00 bits per heavy atom. The highest BCUT2D eigenvalue weighted by Gasteiger charge is 2.15. The van der Waals surface area contributed by atoms with Crippen molar-refractivity contribution in [3.63, 3.8) is 0 Å². The second kappa shape index (κ2) is 3.35. The molecule has 0 atom stereocenters. The first-order valence-corrected chi connectivity index (χ1v) is 4.13. The minimum atomic E-state index is 0.730. The first-order chi connectivity index (χ1) is 4.70. The van der Waals surface area contributed by atoms with E-state index in [4.69, 9.17) is 0 Å². The van der Waals surface area contributed by atoms with Crippen LogP contribution in [0.25, 0.3) is 0 Å². The minimum absolute atomic E-state index is 0.730. The Hall–Kier alpha value is -0.0800. The van der Waals surface area contributed by atoms with Gasteiger partial charge in [-0.2, -0.15) is 0 Å². The summed E-state index contributed by atoms with van der Waals surface area (Å²) in [4.78, 5) is 4.92. The van der Waals surface area contributed by atoms with Crippen LogP contribution >= 0.6 is 0 Å². The molecule has 0 aromatic heterocycles. The molecule has 0 aromatic rings. The largest absolute Gasteiger partial charge is 0.304 e. The minimum Gasteiger partial charge on any atom is -0.304 e. The third-order valence-corrected chi connectivity index (χ3v) is 2.27. The zero-order valence-corrected chi connectivity index (χ0v) is 7.30. The van der Waals surface area contributed by atoms with Gasteiger partial charge in [0.25, 0.3) is 0 Å². The van der Waals surface area contributed by atoms with Crippen molar-refractivity contribution in [2.45, 2.75) is 19.9 Å². The summed E-state index contributed by atoms with van der Waals surface area (Å²) in [5, 5.41) is 0. The average molecular weight is 142 g/mol. The van der Waals surface area contributed by atoms with Crippen LogP contribution in [0.1, 0.15) is 13.8 Å². The third kappa shape index (κ3) is 1.96. The van der Waals surface area contributed by atoms with Gasteiger partial charge in [-0.1, -0.05) is 0 Å². The Balaban J connectivity index is 2.26. The number of nitrogens with zero attached hydrogens (tertiary/aromatic N) is 2. The molecule has 0 radical (unpaired) electrons. The molecule has 0 spiro atoms. The van der Waals surface area contributed by atoms with Gasteiger partial charge in [0, 0.05) is 32.2 Å². The lowest BCUT2D eigenvalue weighted by molar-refractivity contribution is 0.126. The van der Waals surface area contributed by atoms with E-state index in [2.05, 4.69) is 30.7 Å². The summed E-state index contributed by atoms with van der Waals surface area (Å²) in [6, 6.07) is 0.730. The summed E-state index contributed by atoms with van der Waals surface area (Å²) in [7, 11) is 2.19. The first-order valence-electron chi connectivity index (χ1n) is 4.13. The maximum absolute atomic E-state index is 2.53. The third-order valence-electron chi connectivity index (χ3n) is 2.27. The number of likely N-dealkylation sites (N-methyl/N-ethyl adjacent to an activating group) is 1. The van der Waals surface area contributed by atoms with Crippen LogP contribution in [0.4, 0.5) is 0 Å². The van der Waals surface area contributed by atoms with E-state index in [1.54, 1.807) is 0 Å². The Bertz CT molecular complexity index is 93.4. The van der Waals surface area contributed by atoms with E-state index in [1.165, 1.54) is 26.2 Å². The van der Waals surface area contributed by atoms with E-state index in [0.29, 0.717) is 0 Å². The molecule has 1 aliphatic rings. The van der Waals surface area contributed by atoms with Crippen LogP contribution in [0.2, 0.25) is 0 Å². The van der Waals surface area contributed by atoms with Gasteiger partial charge in [-0.3, -0.25) is 4.90 Å². The van der Waals surface area contributed by atoms with Crippen LogP contribution in [-0.2, 0) is 0 Å². The molecule has 1 rings (SSSR count). The van der Waals surface area contributed by atoms with Crippen molar-refractivity contribution >= 4 is 0 Å². The molecule has 60 valence electrons. The molecule has 0 saturated carbocycles. The SMILES string of the molecule is CC(C)N1CCN(C)CC1. The predicted molar refractivity (Wildman–Crippen MR) is 44.2 cm³/mol. The van der Waals surface area contributed by atoms with Crippen molar-refractivity contribution in [1.82, 2.24) is 9.80 Å². The van der Waals surface area contributed by atoms with Crippen molar-refractivity contribution in [2.24, 2.45) is 0 Å². The van der Waals surface area contributed by atoms with E-state index >= 15 is 0 Å².